The normalized spacial score (nSPS) is 10.3. The van der Waals surface area contributed by atoms with E-state index in [1.54, 1.807) is 36.4 Å². The topological polar surface area (TPSA) is 26.3 Å². The number of halogens is 2. The molecule has 0 saturated carbocycles. The summed E-state index contributed by atoms with van der Waals surface area (Å²) in [5.74, 6) is -0.0557. The molecule has 0 spiro atoms. The highest BCUT2D eigenvalue weighted by Crippen LogP contribution is 2.37. The van der Waals surface area contributed by atoms with Gasteiger partial charge in [0.1, 0.15) is 5.75 Å². The number of hydrogen-bond acceptors (Lipinski definition) is 2. The van der Waals surface area contributed by atoms with Gasteiger partial charge in [-0.25, -0.2) is 4.79 Å². The van der Waals surface area contributed by atoms with Crippen LogP contribution in [0.1, 0.15) is 10.4 Å². The third-order valence-corrected chi connectivity index (χ3v) is 4.03. The van der Waals surface area contributed by atoms with Gasteiger partial charge in [-0.15, -0.1) is 0 Å². The first kappa shape index (κ1) is 15.6. The zero-order valence-corrected chi connectivity index (χ0v) is 13.5. The average molecular weight is 343 g/mol. The maximum Gasteiger partial charge on any atom is 0.345 e. The smallest absolute Gasteiger partial charge is 0.345 e. The van der Waals surface area contributed by atoms with Crippen LogP contribution in [-0.4, -0.2) is 5.97 Å². The van der Waals surface area contributed by atoms with Crippen LogP contribution in [0.3, 0.4) is 0 Å². The minimum atomic E-state index is -0.518. The Kier molecular flexibility index (Phi) is 4.65. The van der Waals surface area contributed by atoms with Gasteiger partial charge in [-0.1, -0.05) is 71.7 Å². The molecule has 0 unspecified atom stereocenters. The molecule has 0 fully saturated rings. The number of para-hydroxylation sites is 1. The van der Waals surface area contributed by atoms with E-state index in [1.807, 2.05) is 36.4 Å². The fraction of sp³-hybridized carbons (Fsp3) is 0. The lowest BCUT2D eigenvalue weighted by molar-refractivity contribution is 0.0735. The van der Waals surface area contributed by atoms with Gasteiger partial charge in [0, 0.05) is 10.6 Å². The highest BCUT2D eigenvalue weighted by molar-refractivity contribution is 6.41. The SMILES string of the molecule is O=C(Oc1ccccc1)c1ccc(Cl)c(-c2ccccc2)c1Cl. The number of hydrogen-bond donors (Lipinski definition) is 0. The van der Waals surface area contributed by atoms with E-state index in [1.165, 1.54) is 0 Å². The third-order valence-electron chi connectivity index (χ3n) is 3.33. The molecule has 0 heterocycles. The van der Waals surface area contributed by atoms with Gasteiger partial charge in [-0.05, 0) is 29.8 Å². The van der Waals surface area contributed by atoms with Gasteiger partial charge in [0.15, 0.2) is 0 Å². The van der Waals surface area contributed by atoms with E-state index in [2.05, 4.69) is 0 Å². The maximum atomic E-state index is 12.4. The van der Waals surface area contributed by atoms with Crippen LogP contribution < -0.4 is 4.74 Å². The molecule has 0 amide bonds. The minimum absolute atomic E-state index is 0.277. The van der Waals surface area contributed by atoms with Gasteiger partial charge in [-0.3, -0.25) is 0 Å². The highest BCUT2D eigenvalue weighted by Gasteiger charge is 2.19. The molecule has 2 nitrogen and oxygen atoms in total. The van der Waals surface area contributed by atoms with E-state index in [4.69, 9.17) is 27.9 Å². The van der Waals surface area contributed by atoms with Crippen molar-refractivity contribution in [2.24, 2.45) is 0 Å². The van der Waals surface area contributed by atoms with Gasteiger partial charge in [-0.2, -0.15) is 0 Å². The molecule has 0 saturated heterocycles. The summed E-state index contributed by atoms with van der Waals surface area (Å²) >= 11 is 12.7. The van der Waals surface area contributed by atoms with Gasteiger partial charge in [0.05, 0.1) is 10.6 Å². The molecule has 3 aromatic carbocycles. The number of esters is 1. The largest absolute Gasteiger partial charge is 0.423 e. The average Bonchev–Trinajstić information content (AvgIpc) is 2.57. The van der Waals surface area contributed by atoms with Crippen LogP contribution in [0.25, 0.3) is 11.1 Å². The number of benzene rings is 3. The lowest BCUT2D eigenvalue weighted by atomic mass is 10.0. The van der Waals surface area contributed by atoms with E-state index in [9.17, 15) is 4.79 Å². The Morgan fingerprint density at radius 3 is 2.04 bits per heavy atom. The number of carbonyl (C=O) groups is 1. The molecule has 0 atom stereocenters. The summed E-state index contributed by atoms with van der Waals surface area (Å²) in [7, 11) is 0. The van der Waals surface area contributed by atoms with Crippen molar-refractivity contribution in [2.75, 3.05) is 0 Å². The van der Waals surface area contributed by atoms with Gasteiger partial charge in [0.2, 0.25) is 0 Å². The van der Waals surface area contributed by atoms with Crippen LogP contribution in [0.5, 0.6) is 5.75 Å². The molecule has 4 heteroatoms. The summed E-state index contributed by atoms with van der Waals surface area (Å²) in [6.45, 7) is 0. The number of rotatable bonds is 3. The van der Waals surface area contributed by atoms with E-state index in [-0.39, 0.29) is 10.6 Å². The monoisotopic (exact) mass is 342 g/mol. The van der Waals surface area contributed by atoms with Crippen LogP contribution in [0, 0.1) is 0 Å². The van der Waals surface area contributed by atoms with Crippen molar-refractivity contribution < 1.29 is 9.53 Å². The molecule has 0 bridgehead atoms. The fourth-order valence-electron chi connectivity index (χ4n) is 2.23. The molecule has 0 aromatic heterocycles. The summed E-state index contributed by atoms with van der Waals surface area (Å²) in [5, 5.41) is 0.766. The quantitative estimate of drug-likeness (QED) is 0.438. The van der Waals surface area contributed by atoms with Crippen LogP contribution in [0.15, 0.2) is 72.8 Å². The molecule has 0 aliphatic rings. The van der Waals surface area contributed by atoms with Crippen molar-refractivity contribution in [3.63, 3.8) is 0 Å². The minimum Gasteiger partial charge on any atom is -0.423 e. The molecular formula is C19H12Cl2O2. The lowest BCUT2D eigenvalue weighted by Gasteiger charge is -2.11. The predicted octanol–water partition coefficient (Wildman–Crippen LogP) is 5.88. The third kappa shape index (κ3) is 3.39. The summed E-state index contributed by atoms with van der Waals surface area (Å²) in [6, 6.07) is 21.5. The van der Waals surface area contributed by atoms with Crippen molar-refractivity contribution in [3.05, 3.63) is 88.4 Å². The Bertz CT molecular complexity index is 831. The van der Waals surface area contributed by atoms with E-state index in [0.29, 0.717) is 16.3 Å². The first-order valence-electron chi connectivity index (χ1n) is 6.97. The standard InChI is InChI=1S/C19H12Cl2O2/c20-16-12-11-15(19(22)23-14-9-5-2-6-10-14)18(21)17(16)13-7-3-1-4-8-13/h1-12H. The fourth-order valence-corrected chi connectivity index (χ4v) is 2.90. The van der Waals surface area contributed by atoms with Gasteiger partial charge >= 0.3 is 5.97 Å². The molecule has 0 N–H and O–H groups in total. The Morgan fingerprint density at radius 2 is 1.39 bits per heavy atom. The zero-order chi connectivity index (χ0) is 16.2. The second-order valence-electron chi connectivity index (χ2n) is 4.85. The molecular weight excluding hydrogens is 331 g/mol. The lowest BCUT2D eigenvalue weighted by Crippen LogP contribution is -2.09. The van der Waals surface area contributed by atoms with Crippen molar-refractivity contribution in [1.82, 2.24) is 0 Å². The van der Waals surface area contributed by atoms with Crippen LogP contribution in [0.4, 0.5) is 0 Å². The zero-order valence-electron chi connectivity index (χ0n) is 12.0. The molecule has 114 valence electrons. The Labute approximate surface area is 144 Å². The molecule has 0 aliphatic carbocycles. The first-order valence-corrected chi connectivity index (χ1v) is 7.73. The number of ether oxygens (including phenoxy) is 1. The molecule has 3 aromatic rings. The Hall–Kier alpha value is -2.29. The van der Waals surface area contributed by atoms with Crippen molar-refractivity contribution in [2.45, 2.75) is 0 Å². The summed E-state index contributed by atoms with van der Waals surface area (Å²) in [6.07, 6.45) is 0. The van der Waals surface area contributed by atoms with E-state index in [0.717, 1.165) is 5.56 Å². The molecule has 23 heavy (non-hydrogen) atoms. The summed E-state index contributed by atoms with van der Waals surface area (Å²) in [5.41, 5.74) is 1.74. The predicted molar refractivity (Wildman–Crippen MR) is 93.3 cm³/mol. The molecule has 3 rings (SSSR count). The second-order valence-corrected chi connectivity index (χ2v) is 5.64. The van der Waals surface area contributed by atoms with E-state index < -0.39 is 5.97 Å². The van der Waals surface area contributed by atoms with Crippen molar-refractivity contribution in [1.29, 1.82) is 0 Å². The van der Waals surface area contributed by atoms with Crippen LogP contribution in [0.2, 0.25) is 10.0 Å². The van der Waals surface area contributed by atoms with Gasteiger partial charge in [0.25, 0.3) is 0 Å². The van der Waals surface area contributed by atoms with Crippen LogP contribution in [-0.2, 0) is 0 Å². The summed E-state index contributed by atoms with van der Waals surface area (Å²) < 4.78 is 5.35. The number of carbonyl (C=O) groups excluding carboxylic acids is 1. The van der Waals surface area contributed by atoms with Crippen LogP contribution >= 0.6 is 23.2 Å². The molecule has 0 radical (unpaired) electrons. The second kappa shape index (κ2) is 6.86. The molecule has 0 aliphatic heterocycles. The van der Waals surface area contributed by atoms with E-state index >= 15 is 0 Å². The Balaban J connectivity index is 2.00. The van der Waals surface area contributed by atoms with Gasteiger partial charge < -0.3 is 4.74 Å². The van der Waals surface area contributed by atoms with Crippen molar-refractivity contribution in [3.8, 4) is 16.9 Å². The van der Waals surface area contributed by atoms with Crippen molar-refractivity contribution >= 4 is 29.2 Å². The highest BCUT2D eigenvalue weighted by atomic mass is 35.5. The maximum absolute atomic E-state index is 12.4. The first-order chi connectivity index (χ1) is 11.2. The summed E-state index contributed by atoms with van der Waals surface area (Å²) in [4.78, 5) is 12.4. The Morgan fingerprint density at radius 1 is 0.783 bits per heavy atom.